The number of pyridine rings is 1. The molecule has 0 bridgehead atoms. The van der Waals surface area contributed by atoms with Crippen LogP contribution in [0.2, 0.25) is 0 Å². The molecule has 1 unspecified atom stereocenters. The van der Waals surface area contributed by atoms with E-state index < -0.39 is 23.8 Å². The van der Waals surface area contributed by atoms with Crippen molar-refractivity contribution in [1.29, 1.82) is 0 Å². The molecule has 2 aliphatic heterocycles. The minimum atomic E-state index is -4.46. The highest BCUT2D eigenvalue weighted by Gasteiger charge is 2.38. The molecule has 0 radical (unpaired) electrons. The van der Waals surface area contributed by atoms with Crippen LogP contribution < -0.4 is 15.5 Å². The van der Waals surface area contributed by atoms with E-state index in [-0.39, 0.29) is 18.2 Å². The summed E-state index contributed by atoms with van der Waals surface area (Å²) < 4.78 is 41.8. The number of halogens is 3. The van der Waals surface area contributed by atoms with E-state index in [0.717, 1.165) is 62.4 Å². The zero-order chi connectivity index (χ0) is 32.0. The molecule has 1 saturated heterocycles. The maximum atomic E-state index is 13.9. The second kappa shape index (κ2) is 12.4. The van der Waals surface area contributed by atoms with Crippen molar-refractivity contribution in [3.8, 4) is 11.3 Å². The molecule has 4 heterocycles. The lowest BCUT2D eigenvalue weighted by molar-refractivity contribution is -0.117. The number of fused-ring (bicyclic) bond motifs is 2. The Labute approximate surface area is 269 Å². The number of hydrogen-bond acceptors (Lipinski definition) is 7. The van der Waals surface area contributed by atoms with Gasteiger partial charge in [0, 0.05) is 68.4 Å². The molecule has 0 spiro atoms. The molecule has 2 aromatic heterocycles. The first-order valence-electron chi connectivity index (χ1n) is 15.9. The Kier molecular flexibility index (Phi) is 8.32. The average Bonchev–Trinajstić information content (AvgIpc) is 3.68. The molecular weight excluding hydrogens is 615 g/mol. The van der Waals surface area contributed by atoms with Crippen LogP contribution in [0, 0.1) is 5.92 Å². The third-order valence-corrected chi connectivity index (χ3v) is 10.0. The summed E-state index contributed by atoms with van der Waals surface area (Å²) in [5.41, 5.74) is 3.87. The van der Waals surface area contributed by atoms with Gasteiger partial charge in [0.05, 0.1) is 11.7 Å². The van der Waals surface area contributed by atoms with Gasteiger partial charge < -0.3 is 15.5 Å². The molecular formula is C33H36F3N7O2S. The number of hydrogen-bond donors (Lipinski definition) is 2. The summed E-state index contributed by atoms with van der Waals surface area (Å²) in [6.07, 6.45) is 0.739. The molecule has 3 aromatic rings. The highest BCUT2D eigenvalue weighted by atomic mass is 32.1. The van der Waals surface area contributed by atoms with Crippen LogP contribution in [0.1, 0.15) is 31.7 Å². The standard InChI is InChI=1S/C33H36F3N7O2S/c1-2-41-11-13-42(14-12-41)19-20-15-24(33(34,35)36)18-25(16-20)37-32(45)43-10-9-21-3-6-23(17-28(21)43)26-7-8-27-30(38-26)46-31(39-27)40-29(44)22-4-5-22/h3,6-8,15-17,22,25H,2,4-5,9-14,18-19H2,1H3,(H,37,45)(H,39,40,44). The number of nitrogens with one attached hydrogen (secondary N) is 2. The third-order valence-electron chi connectivity index (χ3n) is 9.16. The predicted octanol–water partition coefficient (Wildman–Crippen LogP) is 5.60. The number of alkyl halides is 3. The van der Waals surface area contributed by atoms with E-state index in [4.69, 9.17) is 4.98 Å². The third kappa shape index (κ3) is 6.67. The van der Waals surface area contributed by atoms with Crippen molar-refractivity contribution in [2.24, 2.45) is 5.92 Å². The minimum Gasteiger partial charge on any atom is -0.331 e. The zero-order valence-electron chi connectivity index (χ0n) is 25.6. The molecule has 13 heteroatoms. The second-order valence-electron chi connectivity index (χ2n) is 12.4. The molecule has 7 rings (SSSR count). The molecule has 4 aliphatic rings. The number of thiazole rings is 1. The van der Waals surface area contributed by atoms with E-state index in [2.05, 4.69) is 32.3 Å². The van der Waals surface area contributed by atoms with E-state index in [1.54, 1.807) is 11.0 Å². The van der Waals surface area contributed by atoms with Gasteiger partial charge in [-0.25, -0.2) is 14.8 Å². The molecule has 2 aliphatic carbocycles. The van der Waals surface area contributed by atoms with Crippen LogP contribution in [0.25, 0.3) is 21.6 Å². The lowest BCUT2D eigenvalue weighted by atomic mass is 9.94. The number of benzene rings is 1. The Hall–Kier alpha value is -3.81. The Morgan fingerprint density at radius 1 is 1.02 bits per heavy atom. The van der Waals surface area contributed by atoms with Crippen LogP contribution in [-0.2, 0) is 11.2 Å². The molecule has 242 valence electrons. The Bertz CT molecular complexity index is 1720. The van der Waals surface area contributed by atoms with Crippen molar-refractivity contribution < 1.29 is 22.8 Å². The largest absolute Gasteiger partial charge is 0.412 e. The Morgan fingerprint density at radius 3 is 2.54 bits per heavy atom. The summed E-state index contributed by atoms with van der Waals surface area (Å²) in [4.78, 5) is 41.8. The fraction of sp³-hybridized carbons (Fsp3) is 0.455. The van der Waals surface area contributed by atoms with Gasteiger partial charge in [0.25, 0.3) is 0 Å². The number of anilines is 2. The normalized spacial score (nSPS) is 20.8. The van der Waals surface area contributed by atoms with Crippen molar-refractivity contribution >= 4 is 44.4 Å². The number of carbonyl (C=O) groups is 2. The van der Waals surface area contributed by atoms with Crippen LogP contribution in [0.15, 0.2) is 53.6 Å². The summed E-state index contributed by atoms with van der Waals surface area (Å²) in [5, 5.41) is 6.29. The van der Waals surface area contributed by atoms with Gasteiger partial charge in [-0.1, -0.05) is 36.5 Å². The van der Waals surface area contributed by atoms with Crippen molar-refractivity contribution in [2.75, 3.05) is 56.0 Å². The Morgan fingerprint density at radius 2 is 1.80 bits per heavy atom. The summed E-state index contributed by atoms with van der Waals surface area (Å²) in [6.45, 7) is 7.31. The molecule has 1 aromatic carbocycles. The van der Waals surface area contributed by atoms with Gasteiger partial charge in [0.15, 0.2) is 5.13 Å². The molecule has 1 saturated carbocycles. The monoisotopic (exact) mass is 651 g/mol. The molecule has 9 nitrogen and oxygen atoms in total. The maximum absolute atomic E-state index is 13.9. The number of urea groups is 1. The fourth-order valence-corrected chi connectivity index (χ4v) is 7.21. The van der Waals surface area contributed by atoms with E-state index in [1.165, 1.54) is 17.4 Å². The zero-order valence-corrected chi connectivity index (χ0v) is 26.4. The average molecular weight is 652 g/mol. The molecule has 2 fully saturated rings. The van der Waals surface area contributed by atoms with Gasteiger partial charge in [0.1, 0.15) is 10.3 Å². The van der Waals surface area contributed by atoms with E-state index in [1.807, 2.05) is 30.3 Å². The fourth-order valence-electron chi connectivity index (χ4n) is 6.37. The van der Waals surface area contributed by atoms with E-state index >= 15 is 0 Å². The quantitative estimate of drug-likeness (QED) is 0.346. The Balaban J connectivity index is 1.06. The minimum absolute atomic E-state index is 0.00710. The number of amides is 3. The first-order valence-corrected chi connectivity index (χ1v) is 16.7. The van der Waals surface area contributed by atoms with E-state index in [9.17, 15) is 22.8 Å². The highest BCUT2D eigenvalue weighted by Crippen LogP contribution is 2.36. The van der Waals surface area contributed by atoms with Crippen molar-refractivity contribution in [1.82, 2.24) is 25.1 Å². The molecule has 1 atom stereocenters. The van der Waals surface area contributed by atoms with Crippen LogP contribution in [0.4, 0.5) is 28.8 Å². The molecule has 46 heavy (non-hydrogen) atoms. The molecule has 3 amide bonds. The lowest BCUT2D eigenvalue weighted by Crippen LogP contribution is -2.47. The highest BCUT2D eigenvalue weighted by molar-refractivity contribution is 7.22. The second-order valence-corrected chi connectivity index (χ2v) is 13.4. The number of rotatable bonds is 7. The topological polar surface area (TPSA) is 93.7 Å². The summed E-state index contributed by atoms with van der Waals surface area (Å²) in [5.74, 6) is 0.0700. The van der Waals surface area contributed by atoms with Gasteiger partial charge in [-0.05, 0) is 61.2 Å². The first kappa shape index (κ1) is 30.8. The van der Waals surface area contributed by atoms with E-state index in [0.29, 0.717) is 46.3 Å². The summed E-state index contributed by atoms with van der Waals surface area (Å²) >= 11 is 1.32. The number of piperazine rings is 1. The number of nitrogens with zero attached hydrogens (tertiary/aromatic N) is 5. The van der Waals surface area contributed by atoms with Gasteiger partial charge in [-0.15, -0.1) is 0 Å². The van der Waals surface area contributed by atoms with Crippen LogP contribution in [0.3, 0.4) is 0 Å². The van der Waals surface area contributed by atoms with Crippen molar-refractivity contribution in [3.63, 3.8) is 0 Å². The SMILES string of the molecule is CCN1CCN(CC2=CC(NC(=O)N3CCc4ccc(-c5ccc6nc(NC(=O)C7CC7)sc6n5)cc43)CC(C(F)(F)F)=C2)CC1. The summed E-state index contributed by atoms with van der Waals surface area (Å²) in [6, 6.07) is 8.38. The smallest absolute Gasteiger partial charge is 0.331 e. The van der Waals surface area contributed by atoms with Gasteiger partial charge in [-0.3, -0.25) is 14.6 Å². The number of likely N-dealkylation sites (N-methyl/N-ethyl adjacent to an activating group) is 1. The van der Waals surface area contributed by atoms with Gasteiger partial charge in [0.2, 0.25) is 5.91 Å². The number of aromatic nitrogens is 2. The van der Waals surface area contributed by atoms with Gasteiger partial charge in [-0.2, -0.15) is 13.2 Å². The number of carbonyl (C=O) groups excluding carboxylic acids is 2. The van der Waals surface area contributed by atoms with Crippen LogP contribution >= 0.6 is 11.3 Å². The maximum Gasteiger partial charge on any atom is 0.412 e. The van der Waals surface area contributed by atoms with Crippen molar-refractivity contribution in [3.05, 3.63) is 59.2 Å². The van der Waals surface area contributed by atoms with Crippen LogP contribution in [-0.4, -0.2) is 89.7 Å². The predicted molar refractivity (Wildman–Crippen MR) is 173 cm³/mol. The van der Waals surface area contributed by atoms with Crippen LogP contribution in [0.5, 0.6) is 0 Å². The molecule has 2 N–H and O–H groups in total. The summed E-state index contributed by atoms with van der Waals surface area (Å²) in [7, 11) is 0. The van der Waals surface area contributed by atoms with Gasteiger partial charge >= 0.3 is 12.2 Å². The lowest BCUT2D eigenvalue weighted by Gasteiger charge is -2.35. The first-order chi connectivity index (χ1) is 22.1. The van der Waals surface area contributed by atoms with Crippen molar-refractivity contribution in [2.45, 2.75) is 44.8 Å².